The molecule has 0 aliphatic carbocycles. The van der Waals surface area contributed by atoms with E-state index in [4.69, 9.17) is 0 Å². The van der Waals surface area contributed by atoms with Crippen molar-refractivity contribution >= 4 is 5.65 Å². The van der Waals surface area contributed by atoms with E-state index in [1.807, 2.05) is 43.3 Å². The third kappa shape index (κ3) is 3.82. The van der Waals surface area contributed by atoms with E-state index in [2.05, 4.69) is 30.9 Å². The lowest BCUT2D eigenvalue weighted by Gasteiger charge is -2.18. The molecule has 3 nitrogen and oxygen atoms in total. The molecule has 0 amide bonds. The maximum absolute atomic E-state index is 13.8. The van der Waals surface area contributed by atoms with Gasteiger partial charge in [-0.2, -0.15) is 18.3 Å². The van der Waals surface area contributed by atoms with Crippen LogP contribution in [-0.2, 0) is 11.6 Å². The number of aryl methyl sites for hydroxylation is 1. The summed E-state index contributed by atoms with van der Waals surface area (Å²) < 4.78 is 42.2. The zero-order valence-corrected chi connectivity index (χ0v) is 17.2. The second-order valence-electron chi connectivity index (χ2n) is 8.52. The standard InChI is InChI=1S/C24H22F3N3/c1-15-5-7-16(8-6-15)19-13-21(24(25,26)27)30-22(28-19)14-20(29-30)17-9-11-18(12-10-17)23(2,3)4/h5-14H,1-4H3. The molecule has 0 fully saturated rings. The minimum Gasteiger partial charge on any atom is -0.228 e. The minimum atomic E-state index is -4.56. The van der Waals surface area contributed by atoms with Crippen molar-refractivity contribution in [3.63, 3.8) is 0 Å². The van der Waals surface area contributed by atoms with Crippen LogP contribution in [0.15, 0.2) is 60.7 Å². The van der Waals surface area contributed by atoms with Gasteiger partial charge in [-0.05, 0) is 24.0 Å². The maximum atomic E-state index is 13.8. The predicted octanol–water partition coefficient (Wildman–Crippen LogP) is 6.69. The van der Waals surface area contributed by atoms with Gasteiger partial charge in [-0.25, -0.2) is 9.50 Å². The van der Waals surface area contributed by atoms with Crippen LogP contribution in [0.25, 0.3) is 28.2 Å². The Labute approximate surface area is 173 Å². The van der Waals surface area contributed by atoms with E-state index >= 15 is 0 Å². The van der Waals surface area contributed by atoms with Gasteiger partial charge in [0.1, 0.15) is 0 Å². The molecule has 0 spiro atoms. The summed E-state index contributed by atoms with van der Waals surface area (Å²) in [7, 11) is 0. The second-order valence-corrected chi connectivity index (χ2v) is 8.52. The molecule has 154 valence electrons. The number of aromatic nitrogens is 3. The van der Waals surface area contributed by atoms with Crippen LogP contribution < -0.4 is 0 Å². The number of benzene rings is 2. The number of alkyl halides is 3. The number of nitrogens with zero attached hydrogens (tertiary/aromatic N) is 3. The highest BCUT2D eigenvalue weighted by molar-refractivity contribution is 5.68. The molecule has 6 heteroatoms. The van der Waals surface area contributed by atoms with Gasteiger partial charge in [-0.1, -0.05) is 74.9 Å². The van der Waals surface area contributed by atoms with E-state index < -0.39 is 11.9 Å². The normalized spacial score (nSPS) is 12.5. The summed E-state index contributed by atoms with van der Waals surface area (Å²) in [6, 6.07) is 17.6. The molecule has 0 unspecified atom stereocenters. The summed E-state index contributed by atoms with van der Waals surface area (Å²) in [6.07, 6.45) is -4.56. The zero-order chi connectivity index (χ0) is 21.7. The van der Waals surface area contributed by atoms with Crippen LogP contribution in [0.4, 0.5) is 13.2 Å². The fourth-order valence-electron chi connectivity index (χ4n) is 3.33. The topological polar surface area (TPSA) is 30.2 Å². The highest BCUT2D eigenvalue weighted by atomic mass is 19.4. The van der Waals surface area contributed by atoms with Crippen molar-refractivity contribution < 1.29 is 13.2 Å². The lowest BCUT2D eigenvalue weighted by atomic mass is 9.86. The zero-order valence-electron chi connectivity index (χ0n) is 17.2. The highest BCUT2D eigenvalue weighted by Gasteiger charge is 2.35. The Hall–Kier alpha value is -3.15. The lowest BCUT2D eigenvalue weighted by molar-refractivity contribution is -0.142. The molecule has 0 N–H and O–H groups in total. The Bertz CT molecular complexity index is 1200. The van der Waals surface area contributed by atoms with Gasteiger partial charge in [-0.15, -0.1) is 0 Å². The molecular weight excluding hydrogens is 387 g/mol. The quantitative estimate of drug-likeness (QED) is 0.369. The molecule has 0 radical (unpaired) electrons. The first-order valence-electron chi connectivity index (χ1n) is 9.68. The van der Waals surface area contributed by atoms with Gasteiger partial charge in [0.15, 0.2) is 11.3 Å². The van der Waals surface area contributed by atoms with Gasteiger partial charge in [0.25, 0.3) is 0 Å². The van der Waals surface area contributed by atoms with Gasteiger partial charge < -0.3 is 0 Å². The molecule has 0 bridgehead atoms. The molecule has 0 saturated carbocycles. The number of hydrogen-bond donors (Lipinski definition) is 0. The number of halogens is 3. The van der Waals surface area contributed by atoms with Crippen LogP contribution in [-0.4, -0.2) is 14.6 Å². The van der Waals surface area contributed by atoms with E-state index in [1.54, 1.807) is 18.2 Å². The van der Waals surface area contributed by atoms with Crippen molar-refractivity contribution in [1.29, 1.82) is 0 Å². The third-order valence-electron chi connectivity index (χ3n) is 5.11. The molecule has 0 saturated heterocycles. The Morgan fingerprint density at radius 1 is 0.767 bits per heavy atom. The molecule has 4 rings (SSSR count). The number of fused-ring (bicyclic) bond motifs is 1. The van der Waals surface area contributed by atoms with E-state index in [9.17, 15) is 13.2 Å². The van der Waals surface area contributed by atoms with Gasteiger partial charge >= 0.3 is 6.18 Å². The van der Waals surface area contributed by atoms with E-state index in [1.165, 1.54) is 0 Å². The maximum Gasteiger partial charge on any atom is 0.433 e. The SMILES string of the molecule is Cc1ccc(-c2cc(C(F)(F)F)n3nc(-c4ccc(C(C)(C)C)cc4)cc3n2)cc1. The van der Waals surface area contributed by atoms with Crippen molar-refractivity contribution in [2.45, 2.75) is 39.3 Å². The van der Waals surface area contributed by atoms with Crippen LogP contribution in [0, 0.1) is 6.92 Å². The predicted molar refractivity (Wildman–Crippen MR) is 112 cm³/mol. The number of rotatable bonds is 2. The minimum absolute atomic E-state index is 0.00854. The Kier molecular flexibility index (Phi) is 4.68. The molecule has 0 atom stereocenters. The number of hydrogen-bond acceptors (Lipinski definition) is 2. The first kappa shape index (κ1) is 20.1. The third-order valence-corrected chi connectivity index (χ3v) is 5.11. The van der Waals surface area contributed by atoms with E-state index in [-0.39, 0.29) is 16.8 Å². The summed E-state index contributed by atoms with van der Waals surface area (Å²) in [5, 5.41) is 4.22. The van der Waals surface area contributed by atoms with Crippen molar-refractivity contribution in [3.05, 3.63) is 77.5 Å². The van der Waals surface area contributed by atoms with Crippen LogP contribution >= 0.6 is 0 Å². The fourth-order valence-corrected chi connectivity index (χ4v) is 3.33. The second kappa shape index (κ2) is 6.97. The Balaban J connectivity index is 1.86. The van der Waals surface area contributed by atoms with Crippen LogP contribution in [0.3, 0.4) is 0 Å². The molecule has 2 heterocycles. The van der Waals surface area contributed by atoms with Gasteiger partial charge in [0.05, 0.1) is 11.4 Å². The molecule has 0 aliphatic heterocycles. The van der Waals surface area contributed by atoms with Crippen molar-refractivity contribution in [2.24, 2.45) is 0 Å². The summed E-state index contributed by atoms with van der Waals surface area (Å²) in [6.45, 7) is 8.26. The Morgan fingerprint density at radius 3 is 1.90 bits per heavy atom. The van der Waals surface area contributed by atoms with Gasteiger partial charge in [-0.3, -0.25) is 0 Å². The van der Waals surface area contributed by atoms with E-state index in [0.717, 1.165) is 27.3 Å². The van der Waals surface area contributed by atoms with Crippen LogP contribution in [0.2, 0.25) is 0 Å². The van der Waals surface area contributed by atoms with Crippen molar-refractivity contribution in [3.8, 4) is 22.5 Å². The monoisotopic (exact) mass is 409 g/mol. The van der Waals surface area contributed by atoms with Gasteiger partial charge in [0.2, 0.25) is 0 Å². The lowest BCUT2D eigenvalue weighted by Crippen LogP contribution is -2.13. The highest BCUT2D eigenvalue weighted by Crippen LogP contribution is 2.34. The van der Waals surface area contributed by atoms with Crippen molar-refractivity contribution in [2.75, 3.05) is 0 Å². The van der Waals surface area contributed by atoms with Crippen molar-refractivity contribution in [1.82, 2.24) is 14.6 Å². The molecule has 30 heavy (non-hydrogen) atoms. The van der Waals surface area contributed by atoms with E-state index in [0.29, 0.717) is 11.3 Å². The molecular formula is C24H22F3N3. The average Bonchev–Trinajstić information content (AvgIpc) is 3.10. The summed E-state index contributed by atoms with van der Waals surface area (Å²) in [4.78, 5) is 4.45. The smallest absolute Gasteiger partial charge is 0.228 e. The molecule has 4 aromatic rings. The first-order valence-corrected chi connectivity index (χ1v) is 9.68. The fraction of sp³-hybridized carbons (Fsp3) is 0.250. The van der Waals surface area contributed by atoms with Crippen LogP contribution in [0.5, 0.6) is 0 Å². The average molecular weight is 409 g/mol. The molecule has 2 aromatic carbocycles. The molecule has 2 aromatic heterocycles. The van der Waals surface area contributed by atoms with Crippen LogP contribution in [0.1, 0.15) is 37.6 Å². The molecule has 0 aliphatic rings. The first-order chi connectivity index (χ1) is 14.0. The summed E-state index contributed by atoms with van der Waals surface area (Å²) in [5.74, 6) is 0. The Morgan fingerprint density at radius 2 is 1.33 bits per heavy atom. The summed E-state index contributed by atoms with van der Waals surface area (Å²) >= 11 is 0. The largest absolute Gasteiger partial charge is 0.433 e. The van der Waals surface area contributed by atoms with Gasteiger partial charge in [0, 0.05) is 17.2 Å². The summed E-state index contributed by atoms with van der Waals surface area (Å²) in [5.41, 5.74) is 3.58.